The van der Waals surface area contributed by atoms with Crippen molar-refractivity contribution in [1.82, 2.24) is 4.90 Å². The minimum atomic E-state index is 0.763. The van der Waals surface area contributed by atoms with Gasteiger partial charge in [0.25, 0.3) is 0 Å². The molecule has 22 heavy (non-hydrogen) atoms. The van der Waals surface area contributed by atoms with E-state index in [4.69, 9.17) is 4.84 Å². The number of rotatable bonds is 8. The Balaban J connectivity index is 2.03. The smallest absolute Gasteiger partial charge is 0.106 e. The highest BCUT2D eigenvalue weighted by Crippen LogP contribution is 2.36. The van der Waals surface area contributed by atoms with E-state index < -0.39 is 0 Å². The first-order chi connectivity index (χ1) is 10.8. The van der Waals surface area contributed by atoms with Gasteiger partial charge in [0.2, 0.25) is 0 Å². The van der Waals surface area contributed by atoms with Crippen LogP contribution in [0.5, 0.6) is 0 Å². The van der Waals surface area contributed by atoms with Crippen molar-refractivity contribution in [2.24, 2.45) is 5.16 Å². The summed E-state index contributed by atoms with van der Waals surface area (Å²) in [5, 5.41) is 4.28. The van der Waals surface area contributed by atoms with E-state index in [2.05, 4.69) is 23.9 Å². The second-order valence-corrected chi connectivity index (χ2v) is 6.80. The van der Waals surface area contributed by atoms with Crippen LogP contribution >= 0.6 is 0 Å². The number of nitrogens with zero attached hydrogens (tertiary/aromatic N) is 2. The van der Waals surface area contributed by atoms with Crippen LogP contribution in [0.25, 0.3) is 0 Å². The third-order valence-electron chi connectivity index (χ3n) is 5.19. The summed E-state index contributed by atoms with van der Waals surface area (Å²) in [6.45, 7) is 7.16. The minimum Gasteiger partial charge on any atom is -0.399 e. The van der Waals surface area contributed by atoms with Crippen LogP contribution in [0.15, 0.2) is 16.3 Å². The molecule has 2 rings (SSSR count). The molecule has 0 N–H and O–H groups in total. The molecule has 0 aromatic carbocycles. The lowest BCUT2D eigenvalue weighted by atomic mass is 9.78. The van der Waals surface area contributed by atoms with E-state index in [1.165, 1.54) is 82.2 Å². The molecule has 126 valence electrons. The van der Waals surface area contributed by atoms with E-state index in [0.717, 1.165) is 12.5 Å². The summed E-state index contributed by atoms with van der Waals surface area (Å²) in [6, 6.07) is 0.763. The highest BCUT2D eigenvalue weighted by atomic mass is 16.6. The van der Waals surface area contributed by atoms with E-state index in [1.807, 2.05) is 0 Å². The van der Waals surface area contributed by atoms with E-state index in [0.29, 0.717) is 0 Å². The molecule has 1 unspecified atom stereocenters. The number of unbranched alkanes of at least 4 members (excludes halogenated alkanes) is 2. The molecule has 0 spiro atoms. The Labute approximate surface area is 136 Å². The van der Waals surface area contributed by atoms with Gasteiger partial charge in [-0.15, -0.1) is 0 Å². The van der Waals surface area contributed by atoms with Crippen LogP contribution in [0.3, 0.4) is 0 Å². The van der Waals surface area contributed by atoms with Gasteiger partial charge in [0.05, 0.1) is 5.71 Å². The van der Waals surface area contributed by atoms with Crippen molar-refractivity contribution < 1.29 is 4.84 Å². The SMILES string of the molecule is CCCCN(CCCC)C1CCC2=C(CCCC2=NOC)C1. The van der Waals surface area contributed by atoms with E-state index in [9.17, 15) is 0 Å². The third kappa shape index (κ3) is 4.58. The Kier molecular flexibility index (Phi) is 7.44. The van der Waals surface area contributed by atoms with Crippen LogP contribution in [0.2, 0.25) is 0 Å². The summed E-state index contributed by atoms with van der Waals surface area (Å²) in [5.41, 5.74) is 4.45. The average Bonchev–Trinajstić information content (AvgIpc) is 2.55. The summed E-state index contributed by atoms with van der Waals surface area (Å²) in [4.78, 5) is 7.83. The lowest BCUT2D eigenvalue weighted by Gasteiger charge is -2.38. The summed E-state index contributed by atoms with van der Waals surface area (Å²) in [7, 11) is 1.67. The topological polar surface area (TPSA) is 24.8 Å². The maximum atomic E-state index is 5.05. The van der Waals surface area contributed by atoms with Crippen LogP contribution in [-0.4, -0.2) is 36.9 Å². The summed E-state index contributed by atoms with van der Waals surface area (Å²) in [6.07, 6.45) is 12.7. The predicted octanol–water partition coefficient (Wildman–Crippen LogP) is 4.92. The van der Waals surface area contributed by atoms with Crippen LogP contribution in [-0.2, 0) is 4.84 Å². The maximum Gasteiger partial charge on any atom is 0.106 e. The molecular formula is C19H34N2O. The zero-order valence-electron chi connectivity index (χ0n) is 14.9. The van der Waals surface area contributed by atoms with Gasteiger partial charge in [0.15, 0.2) is 0 Å². The fraction of sp³-hybridized carbons (Fsp3) is 0.842. The van der Waals surface area contributed by atoms with Gasteiger partial charge in [-0.3, -0.25) is 0 Å². The zero-order chi connectivity index (χ0) is 15.8. The molecule has 0 aliphatic heterocycles. The molecule has 0 aromatic heterocycles. The Bertz CT molecular complexity index is 392. The Morgan fingerprint density at radius 2 is 1.82 bits per heavy atom. The average molecular weight is 306 g/mol. The van der Waals surface area contributed by atoms with E-state index >= 15 is 0 Å². The van der Waals surface area contributed by atoms with Crippen LogP contribution in [0, 0.1) is 0 Å². The van der Waals surface area contributed by atoms with Crippen molar-refractivity contribution in [2.75, 3.05) is 20.2 Å². The van der Waals surface area contributed by atoms with Gasteiger partial charge >= 0.3 is 0 Å². The zero-order valence-corrected chi connectivity index (χ0v) is 14.9. The first kappa shape index (κ1) is 17.5. The van der Waals surface area contributed by atoms with Crippen molar-refractivity contribution in [3.05, 3.63) is 11.1 Å². The molecular weight excluding hydrogens is 272 g/mol. The molecule has 0 saturated carbocycles. The summed E-state index contributed by atoms with van der Waals surface area (Å²) in [5.74, 6) is 0. The van der Waals surface area contributed by atoms with Gasteiger partial charge < -0.3 is 9.74 Å². The molecule has 0 heterocycles. The standard InChI is InChI=1S/C19H34N2O/c1-4-6-13-21(14-7-5-2)17-11-12-18-16(15-17)9-8-10-19(18)20-22-3/h17H,4-15H2,1-3H3. The molecule has 0 amide bonds. The van der Waals surface area contributed by atoms with Gasteiger partial charge in [0.1, 0.15) is 7.11 Å². The first-order valence-electron chi connectivity index (χ1n) is 9.35. The van der Waals surface area contributed by atoms with Crippen molar-refractivity contribution in [3.63, 3.8) is 0 Å². The monoisotopic (exact) mass is 306 g/mol. The molecule has 0 saturated heterocycles. The molecule has 2 aliphatic carbocycles. The van der Waals surface area contributed by atoms with Crippen LogP contribution < -0.4 is 0 Å². The molecule has 2 aliphatic rings. The lowest BCUT2D eigenvalue weighted by molar-refractivity contribution is 0.173. The Hall–Kier alpha value is -0.830. The van der Waals surface area contributed by atoms with Crippen molar-refractivity contribution in [1.29, 1.82) is 0 Å². The van der Waals surface area contributed by atoms with E-state index in [1.54, 1.807) is 12.7 Å². The van der Waals surface area contributed by atoms with Gasteiger partial charge in [0, 0.05) is 6.04 Å². The van der Waals surface area contributed by atoms with Gasteiger partial charge in [-0.05, 0) is 70.0 Å². The molecule has 1 atom stereocenters. The Morgan fingerprint density at radius 1 is 1.09 bits per heavy atom. The second kappa shape index (κ2) is 9.34. The predicted molar refractivity (Wildman–Crippen MR) is 94.3 cm³/mol. The Morgan fingerprint density at radius 3 is 2.45 bits per heavy atom. The van der Waals surface area contributed by atoms with Crippen molar-refractivity contribution in [3.8, 4) is 0 Å². The molecule has 3 nitrogen and oxygen atoms in total. The molecule has 3 heteroatoms. The fourth-order valence-corrected chi connectivity index (χ4v) is 3.94. The van der Waals surface area contributed by atoms with E-state index in [-0.39, 0.29) is 0 Å². The highest BCUT2D eigenvalue weighted by molar-refractivity contribution is 6.01. The quantitative estimate of drug-likeness (QED) is 0.594. The normalized spacial score (nSPS) is 24.0. The number of allylic oxidation sites excluding steroid dienone is 1. The maximum absolute atomic E-state index is 5.05. The van der Waals surface area contributed by atoms with Crippen molar-refractivity contribution >= 4 is 5.71 Å². The number of oxime groups is 1. The molecule has 0 bridgehead atoms. The summed E-state index contributed by atoms with van der Waals surface area (Å²) < 4.78 is 0. The molecule has 0 aromatic rings. The van der Waals surface area contributed by atoms with Crippen molar-refractivity contribution in [2.45, 2.75) is 84.1 Å². The van der Waals surface area contributed by atoms with Crippen LogP contribution in [0.1, 0.15) is 78.1 Å². The second-order valence-electron chi connectivity index (χ2n) is 6.80. The lowest BCUT2D eigenvalue weighted by Crippen LogP contribution is -2.39. The van der Waals surface area contributed by atoms with Crippen LogP contribution in [0.4, 0.5) is 0 Å². The number of hydrogen-bond donors (Lipinski definition) is 0. The minimum absolute atomic E-state index is 0.763. The largest absolute Gasteiger partial charge is 0.399 e. The molecule has 0 radical (unpaired) electrons. The fourth-order valence-electron chi connectivity index (χ4n) is 3.94. The molecule has 0 fully saturated rings. The summed E-state index contributed by atoms with van der Waals surface area (Å²) >= 11 is 0. The third-order valence-corrected chi connectivity index (χ3v) is 5.19. The first-order valence-corrected chi connectivity index (χ1v) is 9.35. The highest BCUT2D eigenvalue weighted by Gasteiger charge is 2.29. The van der Waals surface area contributed by atoms with Gasteiger partial charge in [-0.25, -0.2) is 0 Å². The number of hydrogen-bond acceptors (Lipinski definition) is 3. The van der Waals surface area contributed by atoms with Gasteiger partial charge in [-0.1, -0.05) is 37.4 Å². The van der Waals surface area contributed by atoms with Gasteiger partial charge in [-0.2, -0.15) is 0 Å².